The van der Waals surface area contributed by atoms with Crippen molar-refractivity contribution < 1.29 is 9.47 Å². The monoisotopic (exact) mass is 514 g/mol. The van der Waals surface area contributed by atoms with Gasteiger partial charge in [0.25, 0.3) is 0 Å². The van der Waals surface area contributed by atoms with Crippen LogP contribution in [0, 0.1) is 0 Å². The first-order valence-corrected chi connectivity index (χ1v) is 12.0. The molecule has 0 saturated carbocycles. The first-order chi connectivity index (χ1) is 18.4. The average Bonchev–Trinajstić information content (AvgIpc) is 2.94. The molecule has 0 amide bonds. The van der Waals surface area contributed by atoms with Gasteiger partial charge < -0.3 is 20.5 Å². The van der Waals surface area contributed by atoms with Crippen molar-refractivity contribution in [2.45, 2.75) is 25.6 Å². The van der Waals surface area contributed by atoms with Gasteiger partial charge in [-0.3, -0.25) is 4.57 Å². The number of methoxy groups -OCH3 is 2. The molecule has 0 bridgehead atoms. The van der Waals surface area contributed by atoms with Crippen LogP contribution in [0.5, 0.6) is 11.5 Å². The van der Waals surface area contributed by atoms with Gasteiger partial charge >= 0.3 is 11.4 Å². The van der Waals surface area contributed by atoms with Crippen molar-refractivity contribution in [1.82, 2.24) is 19.1 Å². The number of aromatic nitrogens is 4. The molecule has 196 valence electrons. The van der Waals surface area contributed by atoms with Crippen LogP contribution in [0.25, 0.3) is 0 Å². The van der Waals surface area contributed by atoms with Crippen LogP contribution in [0.2, 0.25) is 0 Å². The van der Waals surface area contributed by atoms with E-state index in [1.807, 2.05) is 42.5 Å². The summed E-state index contributed by atoms with van der Waals surface area (Å²) in [4.78, 5) is 35.7. The van der Waals surface area contributed by atoms with E-state index in [1.54, 1.807) is 44.7 Å². The number of nitrogen functional groups attached to an aromatic ring is 1. The molecule has 0 saturated heterocycles. The van der Waals surface area contributed by atoms with E-state index >= 15 is 0 Å². The minimum absolute atomic E-state index is 0.127. The van der Waals surface area contributed by atoms with E-state index in [1.165, 1.54) is 4.57 Å². The van der Waals surface area contributed by atoms with Crippen LogP contribution in [0.4, 0.5) is 11.8 Å². The van der Waals surface area contributed by atoms with Crippen molar-refractivity contribution in [3.05, 3.63) is 117 Å². The highest BCUT2D eigenvalue weighted by molar-refractivity contribution is 5.41. The number of ether oxygens (including phenoxy) is 2. The van der Waals surface area contributed by atoms with Crippen LogP contribution >= 0.6 is 0 Å². The molecule has 4 rings (SSSR count). The predicted molar refractivity (Wildman–Crippen MR) is 147 cm³/mol. The minimum atomic E-state index is -0.676. The maximum absolute atomic E-state index is 14.0. The second-order valence-electron chi connectivity index (χ2n) is 8.52. The first-order valence-electron chi connectivity index (χ1n) is 12.0. The van der Waals surface area contributed by atoms with Gasteiger partial charge in [0.1, 0.15) is 17.3 Å². The maximum Gasteiger partial charge on any atom is 0.355 e. The smallest absolute Gasteiger partial charge is 0.355 e. The molecule has 0 aliphatic rings. The molecule has 2 aromatic carbocycles. The van der Waals surface area contributed by atoms with Gasteiger partial charge in [-0.25, -0.2) is 19.1 Å². The van der Waals surface area contributed by atoms with Crippen LogP contribution in [-0.2, 0) is 13.1 Å². The molecule has 0 spiro atoms. The summed E-state index contributed by atoms with van der Waals surface area (Å²) < 4.78 is 13.1. The zero-order valence-electron chi connectivity index (χ0n) is 21.3. The molecule has 2 aromatic heterocycles. The third-order valence-corrected chi connectivity index (χ3v) is 6.17. The SMILES string of the molecule is C=CCC(c1ccc(OC)cc1)n1c(=O)nc(NCc2cccnc2N)n(Cc2ccc(OC)cc2)c1=O. The number of hydrogen-bond acceptors (Lipinski definition) is 8. The number of hydrogen-bond donors (Lipinski definition) is 2. The molecule has 10 heteroatoms. The van der Waals surface area contributed by atoms with Crippen molar-refractivity contribution in [3.63, 3.8) is 0 Å². The summed E-state index contributed by atoms with van der Waals surface area (Å²) >= 11 is 0. The van der Waals surface area contributed by atoms with Gasteiger partial charge in [0, 0.05) is 18.3 Å². The third kappa shape index (κ3) is 5.75. The average molecular weight is 515 g/mol. The van der Waals surface area contributed by atoms with Crippen LogP contribution in [-0.4, -0.2) is 33.3 Å². The van der Waals surface area contributed by atoms with E-state index in [0.29, 0.717) is 29.3 Å². The number of pyridine rings is 1. The van der Waals surface area contributed by atoms with E-state index < -0.39 is 17.4 Å². The summed E-state index contributed by atoms with van der Waals surface area (Å²) in [5, 5.41) is 3.10. The van der Waals surface area contributed by atoms with E-state index in [4.69, 9.17) is 15.2 Å². The summed E-state index contributed by atoms with van der Waals surface area (Å²) in [5.41, 5.74) is 7.09. The quantitative estimate of drug-likeness (QED) is 0.292. The molecule has 0 aliphatic carbocycles. The second-order valence-corrected chi connectivity index (χ2v) is 8.52. The summed E-state index contributed by atoms with van der Waals surface area (Å²) in [5.74, 6) is 1.84. The highest BCUT2D eigenvalue weighted by Gasteiger charge is 2.22. The first kappa shape index (κ1) is 26.2. The Morgan fingerprint density at radius 3 is 2.29 bits per heavy atom. The molecule has 0 aliphatic heterocycles. The van der Waals surface area contributed by atoms with E-state index in [0.717, 1.165) is 15.7 Å². The summed E-state index contributed by atoms with van der Waals surface area (Å²) in [6.45, 7) is 4.23. The number of nitrogens with two attached hydrogens (primary N) is 1. The van der Waals surface area contributed by atoms with Crippen molar-refractivity contribution in [2.24, 2.45) is 0 Å². The second kappa shape index (κ2) is 11.9. The molecule has 1 unspecified atom stereocenters. The van der Waals surface area contributed by atoms with Gasteiger partial charge in [-0.15, -0.1) is 6.58 Å². The predicted octanol–water partition coefficient (Wildman–Crippen LogP) is 3.23. The summed E-state index contributed by atoms with van der Waals surface area (Å²) in [7, 11) is 3.16. The van der Waals surface area contributed by atoms with Crippen molar-refractivity contribution in [3.8, 4) is 11.5 Å². The van der Waals surface area contributed by atoms with Crippen molar-refractivity contribution in [1.29, 1.82) is 0 Å². The lowest BCUT2D eigenvalue weighted by Crippen LogP contribution is -2.45. The lowest BCUT2D eigenvalue weighted by atomic mass is 10.0. The Bertz CT molecular complexity index is 1510. The summed E-state index contributed by atoms with van der Waals surface area (Å²) in [6.07, 6.45) is 3.62. The molecule has 2 heterocycles. The Labute approximate surface area is 220 Å². The zero-order valence-corrected chi connectivity index (χ0v) is 21.3. The molecule has 0 radical (unpaired) electrons. The highest BCUT2D eigenvalue weighted by Crippen LogP contribution is 2.23. The molecule has 38 heavy (non-hydrogen) atoms. The minimum Gasteiger partial charge on any atom is -0.497 e. The summed E-state index contributed by atoms with van der Waals surface area (Å²) in [6, 6.07) is 17.5. The molecule has 0 fully saturated rings. The van der Waals surface area contributed by atoms with Crippen LogP contribution in [0.1, 0.15) is 29.2 Å². The lowest BCUT2D eigenvalue weighted by Gasteiger charge is -2.21. The van der Waals surface area contributed by atoms with Crippen molar-refractivity contribution in [2.75, 3.05) is 25.3 Å². The van der Waals surface area contributed by atoms with Gasteiger partial charge in [0.15, 0.2) is 0 Å². The van der Waals surface area contributed by atoms with Gasteiger partial charge in [-0.2, -0.15) is 4.98 Å². The third-order valence-electron chi connectivity index (χ3n) is 6.17. The fourth-order valence-electron chi connectivity index (χ4n) is 4.11. The van der Waals surface area contributed by atoms with Gasteiger partial charge in [-0.05, 0) is 47.9 Å². The number of nitrogens with one attached hydrogen (secondary N) is 1. The van der Waals surface area contributed by atoms with Gasteiger partial charge in [0.05, 0.1) is 26.8 Å². The number of benzene rings is 2. The fraction of sp³-hybridized carbons (Fsp3) is 0.214. The molecular weight excluding hydrogens is 484 g/mol. The normalized spacial score (nSPS) is 11.5. The molecule has 1 atom stereocenters. The van der Waals surface area contributed by atoms with Crippen LogP contribution in [0.3, 0.4) is 0 Å². The number of nitrogens with zero attached hydrogens (tertiary/aromatic N) is 4. The number of anilines is 2. The van der Waals surface area contributed by atoms with Crippen LogP contribution in [0.15, 0.2) is 89.1 Å². The topological polar surface area (TPSA) is 126 Å². The number of allylic oxidation sites excluding steroid dienone is 1. The number of rotatable bonds is 11. The Morgan fingerprint density at radius 2 is 1.68 bits per heavy atom. The van der Waals surface area contributed by atoms with Gasteiger partial charge in [-0.1, -0.05) is 36.4 Å². The fourth-order valence-corrected chi connectivity index (χ4v) is 4.11. The Kier molecular flexibility index (Phi) is 8.22. The highest BCUT2D eigenvalue weighted by atomic mass is 16.5. The largest absolute Gasteiger partial charge is 0.497 e. The molecule has 3 N–H and O–H groups in total. The van der Waals surface area contributed by atoms with Crippen LogP contribution < -0.4 is 31.9 Å². The van der Waals surface area contributed by atoms with E-state index in [2.05, 4.69) is 21.9 Å². The Hall–Kier alpha value is -4.86. The molecule has 4 aromatic rings. The Morgan fingerprint density at radius 1 is 1.03 bits per heavy atom. The van der Waals surface area contributed by atoms with Crippen molar-refractivity contribution >= 4 is 11.8 Å². The maximum atomic E-state index is 14.0. The standard InChI is InChI=1S/C28H30N6O4/c1-4-6-24(20-10-14-23(38-3)15-11-20)34-27(35)32-26(31-17-21-7-5-16-30-25(21)29)33(28(34)36)18-19-8-12-22(37-2)13-9-19/h4-5,7-16,24H,1,6,17-18H2,2-3H3,(H2,29,30)(H,31,32,35). The zero-order chi connectivity index (χ0) is 27.1. The molecular formula is C28H30N6O4. The Balaban J connectivity index is 1.81. The van der Waals surface area contributed by atoms with E-state index in [-0.39, 0.29) is 19.0 Å². The van der Waals surface area contributed by atoms with Gasteiger partial charge in [0.2, 0.25) is 5.95 Å². The molecule has 10 nitrogen and oxygen atoms in total. The lowest BCUT2D eigenvalue weighted by molar-refractivity contribution is 0.414. The van der Waals surface area contributed by atoms with E-state index in [9.17, 15) is 9.59 Å².